The maximum Gasteiger partial charge on any atom is 0.334 e. The van der Waals surface area contributed by atoms with Gasteiger partial charge in [-0.3, -0.25) is 24.2 Å². The minimum Gasteiger partial charge on any atom is -0.322 e. The Kier molecular flexibility index (Phi) is 6.24. The summed E-state index contributed by atoms with van der Waals surface area (Å²) in [7, 11) is 0. The predicted molar refractivity (Wildman–Crippen MR) is 124 cm³/mol. The van der Waals surface area contributed by atoms with Crippen molar-refractivity contribution in [3.05, 3.63) is 100 Å². The van der Waals surface area contributed by atoms with Gasteiger partial charge >= 0.3 is 17.8 Å². The maximum atomic E-state index is 12.7. The van der Waals surface area contributed by atoms with Crippen LogP contribution >= 0.6 is 11.6 Å². The van der Waals surface area contributed by atoms with E-state index >= 15 is 0 Å². The Bertz CT molecular complexity index is 1240. The number of aryl methyl sites for hydroxylation is 1. The van der Waals surface area contributed by atoms with Gasteiger partial charge in [-0.1, -0.05) is 54.1 Å². The molecule has 1 aliphatic rings. The Labute approximate surface area is 195 Å². The van der Waals surface area contributed by atoms with E-state index in [1.54, 1.807) is 66.7 Å². The van der Waals surface area contributed by atoms with Gasteiger partial charge in [0.05, 0.1) is 13.1 Å². The highest BCUT2D eigenvalue weighted by Crippen LogP contribution is 2.21. The summed E-state index contributed by atoms with van der Waals surface area (Å²) < 4.78 is 0. The fraction of sp³-hybridized carbons (Fsp3) is 0.120. The maximum absolute atomic E-state index is 12.7. The molecule has 0 unspecified atom stereocenters. The summed E-state index contributed by atoms with van der Waals surface area (Å²) in [5, 5.41) is 3.42. The number of nitrogens with zero attached hydrogens (tertiary/aromatic N) is 2. The standard InChI is InChI=1S/C25H20ClN3O4/c1-16-13-20(11-12-21(16)26)27-22(30)19-9-7-18(8-10-19)15-29-24(32)23(31)28(25(29)33)14-17-5-3-2-4-6-17/h2-13H,14-15H2,1H3,(H,27,30). The van der Waals surface area contributed by atoms with E-state index in [9.17, 15) is 19.2 Å². The van der Waals surface area contributed by atoms with Crippen molar-refractivity contribution in [3.8, 4) is 0 Å². The molecule has 3 aromatic rings. The van der Waals surface area contributed by atoms with Crippen LogP contribution in [0.15, 0.2) is 72.8 Å². The van der Waals surface area contributed by atoms with Crippen molar-refractivity contribution in [2.75, 3.05) is 5.32 Å². The molecule has 3 aromatic carbocycles. The second-order valence-electron chi connectivity index (χ2n) is 7.67. The third-order valence-corrected chi connectivity index (χ3v) is 5.72. The van der Waals surface area contributed by atoms with Crippen LogP contribution in [0.4, 0.5) is 10.5 Å². The number of rotatable bonds is 6. The summed E-state index contributed by atoms with van der Waals surface area (Å²) in [5.74, 6) is -2.02. The molecule has 1 saturated heterocycles. The van der Waals surface area contributed by atoms with Gasteiger partial charge in [0.1, 0.15) is 0 Å². The van der Waals surface area contributed by atoms with Gasteiger partial charge in [0.25, 0.3) is 5.91 Å². The van der Waals surface area contributed by atoms with Crippen LogP contribution in [-0.4, -0.2) is 33.6 Å². The van der Waals surface area contributed by atoms with Crippen LogP contribution in [0.25, 0.3) is 0 Å². The molecule has 5 amide bonds. The first kappa shape index (κ1) is 22.2. The van der Waals surface area contributed by atoms with Crippen LogP contribution in [0.3, 0.4) is 0 Å². The van der Waals surface area contributed by atoms with E-state index in [0.717, 1.165) is 20.9 Å². The normalized spacial score (nSPS) is 13.6. The number of amides is 5. The van der Waals surface area contributed by atoms with Crippen molar-refractivity contribution in [2.24, 2.45) is 0 Å². The van der Waals surface area contributed by atoms with Crippen LogP contribution < -0.4 is 5.32 Å². The van der Waals surface area contributed by atoms with Gasteiger partial charge in [-0.15, -0.1) is 0 Å². The molecule has 0 radical (unpaired) electrons. The molecule has 0 bridgehead atoms. The van der Waals surface area contributed by atoms with E-state index in [2.05, 4.69) is 5.32 Å². The van der Waals surface area contributed by atoms with Crippen molar-refractivity contribution in [1.82, 2.24) is 9.80 Å². The van der Waals surface area contributed by atoms with Crippen LogP contribution in [0.1, 0.15) is 27.0 Å². The fourth-order valence-electron chi connectivity index (χ4n) is 3.47. The van der Waals surface area contributed by atoms with Gasteiger partial charge < -0.3 is 5.32 Å². The summed E-state index contributed by atoms with van der Waals surface area (Å²) in [4.78, 5) is 51.8. The molecular formula is C25H20ClN3O4. The van der Waals surface area contributed by atoms with Crippen molar-refractivity contribution < 1.29 is 19.2 Å². The van der Waals surface area contributed by atoms with Crippen LogP contribution in [-0.2, 0) is 22.7 Å². The Balaban J connectivity index is 1.42. The minimum absolute atomic E-state index is 0.0318. The highest BCUT2D eigenvalue weighted by atomic mass is 35.5. The van der Waals surface area contributed by atoms with Gasteiger partial charge in [-0.05, 0) is 53.9 Å². The molecule has 0 saturated carbocycles. The van der Waals surface area contributed by atoms with E-state index in [0.29, 0.717) is 21.8 Å². The molecule has 8 heteroatoms. The zero-order valence-corrected chi connectivity index (χ0v) is 18.5. The topological polar surface area (TPSA) is 86.8 Å². The van der Waals surface area contributed by atoms with Gasteiger partial charge in [-0.25, -0.2) is 4.79 Å². The van der Waals surface area contributed by atoms with Gasteiger partial charge in [0, 0.05) is 16.3 Å². The largest absolute Gasteiger partial charge is 0.334 e. The number of nitrogens with one attached hydrogen (secondary N) is 1. The lowest BCUT2D eigenvalue weighted by molar-refractivity contribution is -0.143. The van der Waals surface area contributed by atoms with Crippen molar-refractivity contribution in [2.45, 2.75) is 20.0 Å². The van der Waals surface area contributed by atoms with Gasteiger partial charge in [-0.2, -0.15) is 0 Å². The summed E-state index contributed by atoms with van der Waals surface area (Å²) in [5.41, 5.74) is 3.24. The number of halogens is 1. The van der Waals surface area contributed by atoms with Crippen LogP contribution in [0.2, 0.25) is 5.02 Å². The Morgan fingerprint density at radius 1 is 0.818 bits per heavy atom. The third kappa shape index (κ3) is 4.78. The van der Waals surface area contributed by atoms with E-state index < -0.39 is 17.8 Å². The second kappa shape index (κ2) is 9.26. The summed E-state index contributed by atoms with van der Waals surface area (Å²) in [6, 6.07) is 20.0. The van der Waals surface area contributed by atoms with Crippen molar-refractivity contribution in [1.29, 1.82) is 0 Å². The lowest BCUT2D eigenvalue weighted by Crippen LogP contribution is -2.32. The molecular weight excluding hydrogens is 442 g/mol. The van der Waals surface area contributed by atoms with Gasteiger partial charge in [0.15, 0.2) is 0 Å². The zero-order chi connectivity index (χ0) is 23.5. The predicted octanol–water partition coefficient (Wildman–Crippen LogP) is 4.39. The van der Waals surface area contributed by atoms with Gasteiger partial charge in [0.2, 0.25) is 0 Å². The molecule has 1 heterocycles. The fourth-order valence-corrected chi connectivity index (χ4v) is 3.58. The lowest BCUT2D eigenvalue weighted by atomic mass is 10.1. The van der Waals surface area contributed by atoms with Crippen molar-refractivity contribution >= 4 is 41.0 Å². The van der Waals surface area contributed by atoms with E-state index in [4.69, 9.17) is 11.6 Å². The molecule has 0 spiro atoms. The number of urea groups is 1. The van der Waals surface area contributed by atoms with Crippen LogP contribution in [0.5, 0.6) is 0 Å². The number of carbonyl (C=O) groups is 4. The number of benzene rings is 3. The molecule has 4 rings (SSSR count). The smallest absolute Gasteiger partial charge is 0.322 e. The average molecular weight is 462 g/mol. The SMILES string of the molecule is Cc1cc(NC(=O)c2ccc(CN3C(=O)C(=O)N(Cc4ccccc4)C3=O)cc2)ccc1Cl. The minimum atomic E-state index is -0.865. The first-order chi connectivity index (χ1) is 15.8. The van der Waals surface area contributed by atoms with Crippen LogP contribution in [0, 0.1) is 6.92 Å². The lowest BCUT2D eigenvalue weighted by Gasteiger charge is -2.16. The number of hydrogen-bond acceptors (Lipinski definition) is 4. The first-order valence-electron chi connectivity index (χ1n) is 10.2. The molecule has 0 atom stereocenters. The van der Waals surface area contributed by atoms with Crippen molar-refractivity contribution in [3.63, 3.8) is 0 Å². The highest BCUT2D eigenvalue weighted by Gasteiger charge is 2.44. The second-order valence-corrected chi connectivity index (χ2v) is 8.07. The highest BCUT2D eigenvalue weighted by molar-refractivity contribution is 6.44. The molecule has 1 N–H and O–H groups in total. The summed E-state index contributed by atoms with van der Waals surface area (Å²) in [6.07, 6.45) is 0. The first-order valence-corrected chi connectivity index (χ1v) is 10.6. The molecule has 7 nitrogen and oxygen atoms in total. The Morgan fingerprint density at radius 2 is 1.39 bits per heavy atom. The Hall–Kier alpha value is -3.97. The zero-order valence-electron chi connectivity index (χ0n) is 17.7. The summed E-state index contributed by atoms with van der Waals surface area (Å²) in [6.45, 7) is 1.82. The quantitative estimate of drug-likeness (QED) is 0.435. The molecule has 1 aliphatic heterocycles. The molecule has 0 aliphatic carbocycles. The molecule has 33 heavy (non-hydrogen) atoms. The number of anilines is 1. The number of carbonyl (C=O) groups excluding carboxylic acids is 4. The number of hydrogen-bond donors (Lipinski definition) is 1. The third-order valence-electron chi connectivity index (χ3n) is 5.29. The molecule has 1 fully saturated rings. The molecule has 166 valence electrons. The molecule has 0 aromatic heterocycles. The monoisotopic (exact) mass is 461 g/mol. The number of imide groups is 2. The Morgan fingerprint density at radius 3 is 1.97 bits per heavy atom. The van der Waals surface area contributed by atoms with E-state index in [-0.39, 0.29) is 19.0 Å². The van der Waals surface area contributed by atoms with E-state index in [1.807, 2.05) is 13.0 Å². The average Bonchev–Trinajstić information content (AvgIpc) is 3.01. The van der Waals surface area contributed by atoms with E-state index in [1.165, 1.54) is 0 Å². The summed E-state index contributed by atoms with van der Waals surface area (Å²) >= 11 is 6.01.